The third-order valence-corrected chi connectivity index (χ3v) is 8.66. The molecular weight excluding hydrogens is 528 g/mol. The van der Waals surface area contributed by atoms with Gasteiger partial charge in [0.05, 0.1) is 26.4 Å². The number of thioether (sulfide) groups is 1. The molecule has 14 heteroatoms. The fraction of sp³-hybridized carbons (Fsp3) is 0.783. The van der Waals surface area contributed by atoms with Gasteiger partial charge in [-0.15, -0.1) is 0 Å². The molecule has 0 aromatic carbocycles. The van der Waals surface area contributed by atoms with E-state index in [0.717, 1.165) is 16.8 Å². The van der Waals surface area contributed by atoms with Crippen LogP contribution in [-0.2, 0) is 23.3 Å². The van der Waals surface area contributed by atoms with E-state index in [0.29, 0.717) is 12.4 Å². The smallest absolute Gasteiger partial charge is 0.330 e. The van der Waals surface area contributed by atoms with Crippen LogP contribution < -0.4 is 11.2 Å². The standard InChI is InChI=1S/C23H39FN3O8PS/c1-14(2)22(30)37-12-11-32-9-10-33-36(27(15(3)4)16(5)6)35-20-17(13-28)34-21(19(20)24)26-8-7-18(29)25-23(26)31/h7-8,14-17,19-21,28H,9-13H2,1-6H3,(H,25,29,31)/t17-,19+,20?,21-,36?/m1/s1. The Morgan fingerprint density at radius 3 is 2.46 bits per heavy atom. The summed E-state index contributed by atoms with van der Waals surface area (Å²) in [7, 11) is -1.80. The van der Waals surface area contributed by atoms with Crippen molar-refractivity contribution in [2.24, 2.45) is 5.92 Å². The minimum atomic E-state index is -1.82. The summed E-state index contributed by atoms with van der Waals surface area (Å²) in [4.78, 5) is 37.4. The molecule has 37 heavy (non-hydrogen) atoms. The van der Waals surface area contributed by atoms with Gasteiger partial charge in [-0.1, -0.05) is 25.6 Å². The van der Waals surface area contributed by atoms with Crippen molar-refractivity contribution in [1.29, 1.82) is 0 Å². The number of aliphatic hydroxyl groups excluding tert-OH is 1. The molecular formula is C23H39FN3O8PS. The Morgan fingerprint density at radius 2 is 1.89 bits per heavy atom. The van der Waals surface area contributed by atoms with Crippen molar-refractivity contribution in [3.05, 3.63) is 33.1 Å². The molecule has 2 rings (SSSR count). The third kappa shape index (κ3) is 9.21. The summed E-state index contributed by atoms with van der Waals surface area (Å²) in [6.07, 6.45) is -4.33. The second kappa shape index (κ2) is 15.4. The number of aromatic amines is 1. The number of carbonyl (C=O) groups excluding carboxylic acids is 1. The molecule has 2 N–H and O–H groups in total. The average Bonchev–Trinajstić information content (AvgIpc) is 3.12. The molecule has 0 amide bonds. The van der Waals surface area contributed by atoms with E-state index in [9.17, 15) is 19.5 Å². The Kier molecular flexibility index (Phi) is 13.4. The minimum absolute atomic E-state index is 0.00366. The Bertz CT molecular complexity index is 954. The maximum absolute atomic E-state index is 15.6. The van der Waals surface area contributed by atoms with Crippen LogP contribution in [0.4, 0.5) is 4.39 Å². The normalized spacial score (nSPS) is 23.0. The molecule has 0 bridgehead atoms. The van der Waals surface area contributed by atoms with E-state index in [1.54, 1.807) is 0 Å². The number of carbonyl (C=O) groups is 1. The minimum Gasteiger partial charge on any atom is -0.394 e. The number of aliphatic hydroxyl groups is 1. The lowest BCUT2D eigenvalue weighted by atomic mass is 10.1. The van der Waals surface area contributed by atoms with Gasteiger partial charge >= 0.3 is 5.69 Å². The number of rotatable bonds is 15. The molecule has 0 saturated carbocycles. The molecule has 2 unspecified atom stereocenters. The molecule has 11 nitrogen and oxygen atoms in total. The van der Waals surface area contributed by atoms with Gasteiger partial charge in [0.1, 0.15) is 12.2 Å². The molecule has 1 aliphatic rings. The second-order valence-electron chi connectivity index (χ2n) is 9.35. The number of hydrogen-bond donors (Lipinski definition) is 2. The van der Waals surface area contributed by atoms with Crippen molar-refractivity contribution in [2.75, 3.05) is 32.2 Å². The van der Waals surface area contributed by atoms with Crippen molar-refractivity contribution in [3.8, 4) is 0 Å². The van der Waals surface area contributed by atoms with E-state index in [4.69, 9.17) is 18.5 Å². The van der Waals surface area contributed by atoms with Crippen molar-refractivity contribution < 1.29 is 32.8 Å². The van der Waals surface area contributed by atoms with Crippen LogP contribution in [0, 0.1) is 5.92 Å². The lowest BCUT2D eigenvalue weighted by molar-refractivity contribution is -0.113. The van der Waals surface area contributed by atoms with Crippen LogP contribution in [0.2, 0.25) is 0 Å². The number of hydrogen-bond acceptors (Lipinski definition) is 10. The van der Waals surface area contributed by atoms with E-state index in [-0.39, 0.29) is 36.3 Å². The molecule has 0 aliphatic carbocycles. The van der Waals surface area contributed by atoms with Gasteiger partial charge in [-0.2, -0.15) is 0 Å². The number of aromatic nitrogens is 2. The molecule has 1 aliphatic heterocycles. The average molecular weight is 568 g/mol. The largest absolute Gasteiger partial charge is 0.394 e. The van der Waals surface area contributed by atoms with Crippen LogP contribution in [0.5, 0.6) is 0 Å². The monoisotopic (exact) mass is 567 g/mol. The predicted molar refractivity (Wildman–Crippen MR) is 140 cm³/mol. The third-order valence-electron chi connectivity index (χ3n) is 5.40. The van der Waals surface area contributed by atoms with Crippen LogP contribution in [0.3, 0.4) is 0 Å². The van der Waals surface area contributed by atoms with Gasteiger partial charge < -0.3 is 23.6 Å². The van der Waals surface area contributed by atoms with Crippen molar-refractivity contribution in [3.63, 3.8) is 0 Å². The van der Waals surface area contributed by atoms with E-state index in [1.165, 1.54) is 11.8 Å². The maximum atomic E-state index is 15.6. The molecule has 1 saturated heterocycles. The number of nitrogens with one attached hydrogen (secondary N) is 1. The van der Waals surface area contributed by atoms with Gasteiger partial charge in [-0.25, -0.2) is 13.9 Å². The summed E-state index contributed by atoms with van der Waals surface area (Å²) in [5.41, 5.74) is -1.44. The molecule has 0 radical (unpaired) electrons. The number of alkyl halides is 1. The molecule has 2 heterocycles. The number of ether oxygens (including phenoxy) is 2. The Hall–Kier alpha value is -1.18. The zero-order valence-electron chi connectivity index (χ0n) is 22.2. The molecule has 5 atom stereocenters. The van der Waals surface area contributed by atoms with Crippen molar-refractivity contribution in [2.45, 2.75) is 78.2 Å². The number of nitrogens with zero attached hydrogens (tertiary/aromatic N) is 2. The summed E-state index contributed by atoms with van der Waals surface area (Å²) in [5, 5.41) is 9.97. The van der Waals surface area contributed by atoms with Crippen molar-refractivity contribution in [1.82, 2.24) is 14.2 Å². The predicted octanol–water partition coefficient (Wildman–Crippen LogP) is 2.44. The van der Waals surface area contributed by atoms with Crippen LogP contribution in [0.25, 0.3) is 0 Å². The number of H-pyrrole nitrogens is 1. The first-order valence-corrected chi connectivity index (χ1v) is 14.4. The highest BCUT2D eigenvalue weighted by molar-refractivity contribution is 8.13. The highest BCUT2D eigenvalue weighted by Crippen LogP contribution is 2.50. The molecule has 1 aromatic heterocycles. The molecule has 0 spiro atoms. The van der Waals surface area contributed by atoms with Gasteiger partial charge in [0.25, 0.3) is 14.1 Å². The fourth-order valence-corrected chi connectivity index (χ4v) is 6.18. The maximum Gasteiger partial charge on any atom is 0.330 e. The first-order valence-electron chi connectivity index (χ1n) is 12.3. The lowest BCUT2D eigenvalue weighted by Gasteiger charge is -2.37. The first kappa shape index (κ1) is 32.0. The summed E-state index contributed by atoms with van der Waals surface area (Å²) in [5.74, 6) is 0.509. The summed E-state index contributed by atoms with van der Waals surface area (Å²) in [6.45, 7) is 11.8. The molecule has 1 aromatic rings. The van der Waals surface area contributed by atoms with E-state index in [2.05, 4.69) is 4.98 Å². The van der Waals surface area contributed by atoms with Crippen LogP contribution in [0.15, 0.2) is 21.9 Å². The van der Waals surface area contributed by atoms with E-state index >= 15 is 4.39 Å². The zero-order valence-corrected chi connectivity index (χ0v) is 23.9. The lowest BCUT2D eigenvalue weighted by Crippen LogP contribution is -2.39. The first-order chi connectivity index (χ1) is 17.5. The van der Waals surface area contributed by atoms with Crippen LogP contribution in [-0.4, -0.2) is 87.1 Å². The zero-order chi connectivity index (χ0) is 27.7. The summed E-state index contributed by atoms with van der Waals surface area (Å²) < 4.78 is 41.9. The van der Waals surface area contributed by atoms with Gasteiger partial charge in [-0.3, -0.25) is 19.1 Å². The highest BCUT2D eigenvalue weighted by atomic mass is 32.2. The van der Waals surface area contributed by atoms with E-state index in [1.807, 2.05) is 46.2 Å². The summed E-state index contributed by atoms with van der Waals surface area (Å²) >= 11 is 1.23. The Morgan fingerprint density at radius 1 is 1.22 bits per heavy atom. The van der Waals surface area contributed by atoms with Crippen molar-refractivity contribution >= 4 is 25.4 Å². The van der Waals surface area contributed by atoms with Gasteiger partial charge in [0, 0.05) is 36.0 Å². The van der Waals surface area contributed by atoms with Gasteiger partial charge in [0.15, 0.2) is 17.5 Å². The van der Waals surface area contributed by atoms with E-state index < -0.39 is 51.0 Å². The van der Waals surface area contributed by atoms with Gasteiger partial charge in [0.2, 0.25) is 0 Å². The van der Waals surface area contributed by atoms with Crippen LogP contribution in [0.1, 0.15) is 47.8 Å². The Labute approximate surface area is 222 Å². The quantitative estimate of drug-likeness (QED) is 0.241. The Balaban J connectivity index is 2.07. The fourth-order valence-electron chi connectivity index (χ4n) is 3.69. The second-order valence-corrected chi connectivity index (χ2v) is 11.9. The molecule has 212 valence electrons. The highest BCUT2D eigenvalue weighted by Gasteiger charge is 2.49. The summed E-state index contributed by atoms with van der Waals surface area (Å²) in [6, 6.07) is 1.08. The van der Waals surface area contributed by atoms with Gasteiger partial charge in [-0.05, 0) is 27.7 Å². The number of halogens is 1. The topological polar surface area (TPSA) is 132 Å². The molecule has 1 fully saturated rings. The SMILES string of the molecule is CC(C)C(=O)SCCOCCOP(OC1[C@@H](CO)O[C@@H](n2ccc(=O)[nH]c2=O)[C@H]1F)N(C(C)C)C(C)C. The van der Waals surface area contributed by atoms with Crippen LogP contribution >= 0.6 is 20.3 Å².